The van der Waals surface area contributed by atoms with Gasteiger partial charge in [0.15, 0.2) is 0 Å². The van der Waals surface area contributed by atoms with Crippen LogP contribution >= 0.6 is 0 Å². The Bertz CT molecular complexity index is 374. The topological polar surface area (TPSA) is 28.1 Å². The number of aliphatic imine (C=N–C) groups is 1. The van der Waals surface area contributed by atoms with E-state index in [1.165, 1.54) is 5.69 Å². The standard InChI is InChI=1S/C12H16N2.Ti/c1-9(10-5-4-8-13-10)11-6-7-12(2,3)14-11;/h4-9,13H,1-3H3;. The number of H-pyrrole nitrogens is 1. The number of hydrogen-bond acceptors (Lipinski definition) is 1. The van der Waals surface area contributed by atoms with Crippen molar-refractivity contribution in [3.8, 4) is 0 Å². The van der Waals surface area contributed by atoms with Crippen LogP contribution < -0.4 is 0 Å². The van der Waals surface area contributed by atoms with E-state index in [0.717, 1.165) is 5.71 Å². The van der Waals surface area contributed by atoms with Crippen molar-refractivity contribution in [2.75, 3.05) is 0 Å². The van der Waals surface area contributed by atoms with Crippen molar-refractivity contribution in [1.82, 2.24) is 4.98 Å². The molecule has 78 valence electrons. The van der Waals surface area contributed by atoms with E-state index in [1.807, 2.05) is 12.3 Å². The number of nitrogens with zero attached hydrogens (tertiary/aromatic N) is 1. The van der Waals surface area contributed by atoms with Crippen LogP contribution in [0, 0.1) is 0 Å². The summed E-state index contributed by atoms with van der Waals surface area (Å²) in [7, 11) is 0. The normalized spacial score (nSPS) is 19.5. The van der Waals surface area contributed by atoms with Crippen molar-refractivity contribution < 1.29 is 21.7 Å². The molecule has 2 heterocycles. The van der Waals surface area contributed by atoms with Gasteiger partial charge in [0.25, 0.3) is 0 Å². The van der Waals surface area contributed by atoms with Gasteiger partial charge in [-0.2, -0.15) is 0 Å². The summed E-state index contributed by atoms with van der Waals surface area (Å²) >= 11 is 0. The van der Waals surface area contributed by atoms with Gasteiger partial charge in [0.2, 0.25) is 0 Å². The van der Waals surface area contributed by atoms with Crippen LogP contribution in [0.25, 0.3) is 0 Å². The van der Waals surface area contributed by atoms with E-state index in [1.54, 1.807) is 0 Å². The molecule has 15 heavy (non-hydrogen) atoms. The van der Waals surface area contributed by atoms with Gasteiger partial charge in [-0.25, -0.2) is 0 Å². The van der Waals surface area contributed by atoms with Gasteiger partial charge in [0.05, 0.1) is 5.54 Å². The van der Waals surface area contributed by atoms with Crippen molar-refractivity contribution in [1.29, 1.82) is 0 Å². The maximum atomic E-state index is 4.66. The molecule has 1 unspecified atom stereocenters. The third-order valence-corrected chi connectivity index (χ3v) is 2.61. The number of rotatable bonds is 2. The zero-order valence-corrected chi connectivity index (χ0v) is 11.0. The summed E-state index contributed by atoms with van der Waals surface area (Å²) in [6.07, 6.45) is 6.24. The molecule has 0 radical (unpaired) electrons. The molecule has 0 amide bonds. The first-order valence-corrected chi connectivity index (χ1v) is 5.01. The van der Waals surface area contributed by atoms with E-state index in [4.69, 9.17) is 0 Å². The minimum atomic E-state index is -0.0177. The number of hydrogen-bond donors (Lipinski definition) is 1. The molecule has 0 saturated heterocycles. The molecule has 1 aromatic rings. The predicted octanol–water partition coefficient (Wildman–Crippen LogP) is 2.91. The maximum absolute atomic E-state index is 4.66. The van der Waals surface area contributed by atoms with Gasteiger partial charge in [0.1, 0.15) is 0 Å². The van der Waals surface area contributed by atoms with Gasteiger partial charge < -0.3 is 4.98 Å². The molecular weight excluding hydrogens is 220 g/mol. The summed E-state index contributed by atoms with van der Waals surface area (Å²) in [5.41, 5.74) is 2.37. The second kappa shape index (κ2) is 4.50. The smallest absolute Gasteiger partial charge is 0.0738 e. The summed E-state index contributed by atoms with van der Waals surface area (Å²) in [4.78, 5) is 7.89. The SMILES string of the molecule is CC(C1=NC(C)(C)C=C1)c1ccc[nH]1.[Ti]. The fraction of sp³-hybridized carbons (Fsp3) is 0.417. The monoisotopic (exact) mass is 236 g/mol. The van der Waals surface area contributed by atoms with Crippen LogP contribution in [0.4, 0.5) is 0 Å². The fourth-order valence-electron chi connectivity index (χ4n) is 1.71. The minimum absolute atomic E-state index is 0. The summed E-state index contributed by atoms with van der Waals surface area (Å²) in [6, 6.07) is 4.13. The van der Waals surface area contributed by atoms with Crippen LogP contribution in [-0.4, -0.2) is 16.2 Å². The van der Waals surface area contributed by atoms with Crippen LogP contribution in [0.1, 0.15) is 32.4 Å². The summed E-state index contributed by atoms with van der Waals surface area (Å²) in [6.45, 7) is 6.42. The van der Waals surface area contributed by atoms with Gasteiger partial charge in [-0.05, 0) is 32.1 Å². The zero-order chi connectivity index (χ0) is 10.2. The van der Waals surface area contributed by atoms with Crippen LogP contribution in [0.5, 0.6) is 0 Å². The third-order valence-electron chi connectivity index (χ3n) is 2.61. The third kappa shape index (κ3) is 2.70. The molecule has 3 heteroatoms. The van der Waals surface area contributed by atoms with Crippen molar-refractivity contribution >= 4 is 5.71 Å². The minimum Gasteiger partial charge on any atom is -0.364 e. The second-order valence-electron chi connectivity index (χ2n) is 4.37. The fourth-order valence-corrected chi connectivity index (χ4v) is 1.71. The van der Waals surface area contributed by atoms with E-state index >= 15 is 0 Å². The molecule has 0 saturated carbocycles. The van der Waals surface area contributed by atoms with E-state index in [2.05, 4.69) is 49.0 Å². The largest absolute Gasteiger partial charge is 0.364 e. The molecule has 1 aliphatic rings. The Labute approximate surface area is 106 Å². The average molecular weight is 236 g/mol. The molecule has 1 atom stereocenters. The summed E-state index contributed by atoms with van der Waals surface area (Å²) in [5.74, 6) is 0.364. The molecule has 0 fully saturated rings. The van der Waals surface area contributed by atoms with Gasteiger partial charge in [-0.1, -0.05) is 13.0 Å². The first-order chi connectivity index (χ1) is 6.58. The molecule has 2 rings (SSSR count). The van der Waals surface area contributed by atoms with E-state index in [9.17, 15) is 0 Å². The zero-order valence-electron chi connectivity index (χ0n) is 9.41. The molecule has 0 aliphatic carbocycles. The van der Waals surface area contributed by atoms with Crippen molar-refractivity contribution in [2.45, 2.75) is 32.2 Å². The molecule has 0 spiro atoms. The second-order valence-corrected chi connectivity index (χ2v) is 4.37. The van der Waals surface area contributed by atoms with Crippen LogP contribution in [0.15, 0.2) is 35.5 Å². The number of allylic oxidation sites excluding steroid dienone is 1. The van der Waals surface area contributed by atoms with Gasteiger partial charge >= 0.3 is 0 Å². The van der Waals surface area contributed by atoms with Gasteiger partial charge in [-0.15, -0.1) is 0 Å². The molecule has 0 aromatic carbocycles. The Morgan fingerprint density at radius 3 is 2.60 bits per heavy atom. The first kappa shape index (κ1) is 12.5. The maximum Gasteiger partial charge on any atom is 0.0738 e. The van der Waals surface area contributed by atoms with Gasteiger partial charge in [-0.3, -0.25) is 4.99 Å². The van der Waals surface area contributed by atoms with Crippen molar-refractivity contribution in [3.05, 3.63) is 36.2 Å². The first-order valence-electron chi connectivity index (χ1n) is 5.01. The van der Waals surface area contributed by atoms with E-state index in [0.29, 0.717) is 5.92 Å². The summed E-state index contributed by atoms with van der Waals surface area (Å²) in [5, 5.41) is 0. The van der Waals surface area contributed by atoms with Crippen LogP contribution in [0.3, 0.4) is 0 Å². The Hall–Kier alpha value is -0.596. The van der Waals surface area contributed by atoms with E-state index < -0.39 is 0 Å². The van der Waals surface area contributed by atoms with Crippen LogP contribution in [-0.2, 0) is 21.7 Å². The number of aromatic nitrogens is 1. The molecule has 0 bridgehead atoms. The Kier molecular flexibility index (Phi) is 3.74. The molecular formula is C12H16N2Ti. The van der Waals surface area contributed by atoms with Crippen molar-refractivity contribution in [2.24, 2.45) is 4.99 Å². The van der Waals surface area contributed by atoms with Gasteiger partial charge in [0, 0.05) is 45.2 Å². The molecule has 1 aromatic heterocycles. The Morgan fingerprint density at radius 2 is 2.13 bits per heavy atom. The Balaban J connectivity index is 0.00000112. The molecule has 2 nitrogen and oxygen atoms in total. The summed E-state index contributed by atoms with van der Waals surface area (Å²) < 4.78 is 0. The Morgan fingerprint density at radius 1 is 1.40 bits per heavy atom. The van der Waals surface area contributed by atoms with Crippen molar-refractivity contribution in [3.63, 3.8) is 0 Å². The molecule has 1 aliphatic heterocycles. The average Bonchev–Trinajstić information content (AvgIpc) is 2.72. The number of nitrogens with one attached hydrogen (secondary N) is 1. The predicted molar refractivity (Wildman–Crippen MR) is 59.9 cm³/mol. The quantitative estimate of drug-likeness (QED) is 0.765. The number of aromatic amines is 1. The molecule has 1 N–H and O–H groups in total. The van der Waals surface area contributed by atoms with Crippen LogP contribution in [0.2, 0.25) is 0 Å². The van der Waals surface area contributed by atoms with E-state index in [-0.39, 0.29) is 27.3 Å².